The first-order valence-corrected chi connectivity index (χ1v) is 6.21. The molecule has 3 saturated heterocycles. The van der Waals surface area contributed by atoms with Crippen molar-refractivity contribution in [2.24, 2.45) is 5.41 Å². The van der Waals surface area contributed by atoms with Gasteiger partial charge in [0.25, 0.3) is 0 Å². The van der Waals surface area contributed by atoms with E-state index in [9.17, 15) is 4.79 Å². The minimum absolute atomic E-state index is 0.00461. The molecule has 1 aliphatic carbocycles. The predicted molar refractivity (Wildman–Crippen MR) is 58.7 cm³/mol. The summed E-state index contributed by atoms with van der Waals surface area (Å²) in [6.45, 7) is 5.30. The van der Waals surface area contributed by atoms with Crippen LogP contribution in [0.1, 0.15) is 32.6 Å². The monoisotopic (exact) mass is 208 g/mol. The maximum Gasteiger partial charge on any atom is 0.157 e. The Morgan fingerprint density at radius 2 is 2.07 bits per heavy atom. The Labute approximate surface area is 91.2 Å². The number of nitrogens with one attached hydrogen (secondary N) is 1. The molecule has 3 aliphatic heterocycles. The minimum Gasteiger partial charge on any atom is -0.312 e. The van der Waals surface area contributed by atoms with Crippen molar-refractivity contribution in [1.29, 1.82) is 0 Å². The molecule has 2 bridgehead atoms. The quantitative estimate of drug-likeness (QED) is 0.744. The van der Waals surface area contributed by atoms with Gasteiger partial charge in [-0.05, 0) is 38.8 Å². The van der Waals surface area contributed by atoms with Crippen molar-refractivity contribution < 1.29 is 4.79 Å². The highest BCUT2D eigenvalue weighted by Gasteiger charge is 2.48. The summed E-state index contributed by atoms with van der Waals surface area (Å²) in [5, 5.41) is 3.50. The van der Waals surface area contributed by atoms with Crippen LogP contribution in [0, 0.1) is 5.41 Å². The summed E-state index contributed by atoms with van der Waals surface area (Å²) < 4.78 is 0. The molecule has 3 heteroatoms. The fourth-order valence-electron chi connectivity index (χ4n) is 2.93. The van der Waals surface area contributed by atoms with Gasteiger partial charge in [0.1, 0.15) is 0 Å². The van der Waals surface area contributed by atoms with Crippen molar-refractivity contribution >= 4 is 5.78 Å². The first-order chi connectivity index (χ1) is 7.19. The lowest BCUT2D eigenvalue weighted by molar-refractivity contribution is -0.145. The third-order valence-electron chi connectivity index (χ3n) is 4.42. The highest BCUT2D eigenvalue weighted by Crippen LogP contribution is 2.39. The Balaban J connectivity index is 1.68. The van der Waals surface area contributed by atoms with Crippen molar-refractivity contribution in [1.82, 2.24) is 10.2 Å². The minimum atomic E-state index is 0.00461. The van der Waals surface area contributed by atoms with Gasteiger partial charge in [0, 0.05) is 18.0 Å². The Morgan fingerprint density at radius 3 is 2.67 bits per heavy atom. The summed E-state index contributed by atoms with van der Waals surface area (Å²) >= 11 is 0. The maximum absolute atomic E-state index is 12.3. The van der Waals surface area contributed by atoms with Crippen LogP contribution in [0.15, 0.2) is 0 Å². The zero-order valence-electron chi connectivity index (χ0n) is 9.46. The first kappa shape index (κ1) is 9.79. The maximum atomic E-state index is 12.3. The Hall–Kier alpha value is -0.410. The molecule has 1 saturated carbocycles. The van der Waals surface area contributed by atoms with Crippen LogP contribution in [0.2, 0.25) is 0 Å². The summed E-state index contributed by atoms with van der Waals surface area (Å²) in [5.74, 6) is 0.494. The number of hydrogen-bond acceptors (Lipinski definition) is 3. The number of Topliss-reactive ketones (excluding diaryl/α,β-unsaturated/α-hetero) is 1. The molecule has 0 aromatic carbocycles. The number of piperidine rings is 3. The van der Waals surface area contributed by atoms with Gasteiger partial charge in [0.2, 0.25) is 0 Å². The number of rotatable bonds is 3. The van der Waals surface area contributed by atoms with Crippen molar-refractivity contribution in [3.05, 3.63) is 0 Å². The van der Waals surface area contributed by atoms with Crippen LogP contribution in [0.4, 0.5) is 0 Å². The molecular formula is C12H20N2O. The molecule has 4 fully saturated rings. The molecule has 15 heavy (non-hydrogen) atoms. The van der Waals surface area contributed by atoms with E-state index in [1.165, 1.54) is 12.8 Å². The van der Waals surface area contributed by atoms with E-state index >= 15 is 0 Å². The van der Waals surface area contributed by atoms with E-state index in [0.717, 1.165) is 32.5 Å². The average molecular weight is 208 g/mol. The molecule has 3 nitrogen and oxygen atoms in total. The second-order valence-electron chi connectivity index (χ2n) is 5.66. The van der Waals surface area contributed by atoms with Crippen molar-refractivity contribution in [3.63, 3.8) is 0 Å². The van der Waals surface area contributed by atoms with E-state index in [-0.39, 0.29) is 11.5 Å². The SMILES string of the molecule is CC12CCN(CC1)C(CNC1CC1)C2=O. The van der Waals surface area contributed by atoms with E-state index in [2.05, 4.69) is 17.1 Å². The van der Waals surface area contributed by atoms with Gasteiger partial charge in [0.05, 0.1) is 6.04 Å². The number of ketones is 1. The molecule has 0 spiro atoms. The van der Waals surface area contributed by atoms with Crippen LogP contribution < -0.4 is 5.32 Å². The van der Waals surface area contributed by atoms with Crippen LogP contribution in [0.25, 0.3) is 0 Å². The molecule has 1 unspecified atom stereocenters. The smallest absolute Gasteiger partial charge is 0.157 e. The van der Waals surface area contributed by atoms with Crippen LogP contribution in [-0.4, -0.2) is 42.4 Å². The van der Waals surface area contributed by atoms with Gasteiger partial charge in [-0.2, -0.15) is 0 Å². The predicted octanol–water partition coefficient (Wildman–Crippen LogP) is 0.792. The molecule has 4 aliphatic rings. The standard InChI is InChI=1S/C12H20N2O/c1-12-4-6-14(7-5-12)10(11(12)15)8-13-9-2-3-9/h9-10,13H,2-8H2,1H3. The zero-order chi connectivity index (χ0) is 10.5. The number of carbonyl (C=O) groups is 1. The lowest BCUT2D eigenvalue weighted by atomic mass is 9.69. The molecule has 84 valence electrons. The Kier molecular flexibility index (Phi) is 2.15. The number of nitrogens with zero attached hydrogens (tertiary/aromatic N) is 1. The third-order valence-corrected chi connectivity index (χ3v) is 4.42. The number of carbonyl (C=O) groups excluding carboxylic acids is 1. The van der Waals surface area contributed by atoms with Gasteiger partial charge < -0.3 is 5.32 Å². The van der Waals surface area contributed by atoms with Gasteiger partial charge in [-0.3, -0.25) is 9.69 Å². The second kappa shape index (κ2) is 3.29. The molecule has 0 amide bonds. The van der Waals surface area contributed by atoms with Crippen LogP contribution in [-0.2, 0) is 4.79 Å². The van der Waals surface area contributed by atoms with E-state index in [4.69, 9.17) is 0 Å². The van der Waals surface area contributed by atoms with Crippen molar-refractivity contribution in [2.45, 2.75) is 44.7 Å². The van der Waals surface area contributed by atoms with Gasteiger partial charge >= 0.3 is 0 Å². The number of hydrogen-bond donors (Lipinski definition) is 1. The molecule has 1 atom stereocenters. The molecule has 0 aromatic heterocycles. The molecule has 0 aromatic rings. The molecule has 0 radical (unpaired) electrons. The van der Waals surface area contributed by atoms with E-state index < -0.39 is 0 Å². The Morgan fingerprint density at radius 1 is 1.40 bits per heavy atom. The summed E-state index contributed by atoms with van der Waals surface area (Å²) in [4.78, 5) is 14.6. The van der Waals surface area contributed by atoms with Gasteiger partial charge in [-0.15, -0.1) is 0 Å². The molecule has 1 N–H and O–H groups in total. The fourth-order valence-corrected chi connectivity index (χ4v) is 2.93. The topological polar surface area (TPSA) is 32.3 Å². The highest BCUT2D eigenvalue weighted by atomic mass is 16.1. The average Bonchev–Trinajstić information content (AvgIpc) is 3.03. The fraction of sp³-hybridized carbons (Fsp3) is 0.917. The highest BCUT2D eigenvalue weighted by molar-refractivity contribution is 5.91. The molecule has 4 rings (SSSR count). The van der Waals surface area contributed by atoms with E-state index in [1.807, 2.05) is 0 Å². The van der Waals surface area contributed by atoms with E-state index in [0.29, 0.717) is 11.8 Å². The summed E-state index contributed by atoms with van der Waals surface area (Å²) in [6, 6.07) is 0.894. The zero-order valence-corrected chi connectivity index (χ0v) is 9.46. The normalized spacial score (nSPS) is 44.7. The van der Waals surface area contributed by atoms with Crippen LogP contribution in [0.3, 0.4) is 0 Å². The summed E-state index contributed by atoms with van der Waals surface area (Å²) in [5.41, 5.74) is 0.00461. The largest absolute Gasteiger partial charge is 0.312 e. The summed E-state index contributed by atoms with van der Waals surface area (Å²) in [6.07, 6.45) is 4.76. The lowest BCUT2D eigenvalue weighted by Gasteiger charge is -2.50. The van der Waals surface area contributed by atoms with Crippen molar-refractivity contribution in [2.75, 3.05) is 19.6 Å². The van der Waals surface area contributed by atoms with E-state index in [1.54, 1.807) is 0 Å². The van der Waals surface area contributed by atoms with Gasteiger partial charge in [-0.1, -0.05) is 6.92 Å². The van der Waals surface area contributed by atoms with Crippen LogP contribution in [0.5, 0.6) is 0 Å². The second-order valence-corrected chi connectivity index (χ2v) is 5.66. The third kappa shape index (κ3) is 1.62. The lowest BCUT2D eigenvalue weighted by Crippen LogP contribution is -2.62. The number of fused-ring (bicyclic) bond motifs is 3. The molecular weight excluding hydrogens is 188 g/mol. The van der Waals surface area contributed by atoms with Gasteiger partial charge in [0.15, 0.2) is 5.78 Å². The first-order valence-electron chi connectivity index (χ1n) is 6.21. The van der Waals surface area contributed by atoms with Crippen molar-refractivity contribution in [3.8, 4) is 0 Å². The summed E-state index contributed by atoms with van der Waals surface area (Å²) in [7, 11) is 0. The Bertz CT molecular complexity index is 277. The molecule has 3 heterocycles. The van der Waals surface area contributed by atoms with Crippen LogP contribution >= 0.6 is 0 Å². The van der Waals surface area contributed by atoms with Gasteiger partial charge in [-0.25, -0.2) is 0 Å².